The second-order valence-electron chi connectivity index (χ2n) is 7.47. The van der Waals surface area contributed by atoms with E-state index >= 15 is 0 Å². The Kier molecular flexibility index (Phi) is 6.49. The van der Waals surface area contributed by atoms with Crippen molar-refractivity contribution in [1.82, 2.24) is 9.62 Å². The lowest BCUT2D eigenvalue weighted by atomic mass is 10.0. The van der Waals surface area contributed by atoms with E-state index in [1.165, 1.54) is 36.7 Å². The highest BCUT2D eigenvalue weighted by molar-refractivity contribution is 7.89. The minimum Gasteiger partial charge on any atom is -0.349 e. The quantitative estimate of drug-likeness (QED) is 0.755. The molecule has 0 spiro atoms. The number of carbonyl (C=O) groups is 1. The summed E-state index contributed by atoms with van der Waals surface area (Å²) in [5.74, 6) is -0.148. The number of sulfonamides is 1. The number of nitrogens with one attached hydrogen (secondary N) is 2. The van der Waals surface area contributed by atoms with Gasteiger partial charge in [0.25, 0.3) is 5.91 Å². The average molecular weight is 403 g/mol. The number of rotatable bonds is 6. The van der Waals surface area contributed by atoms with Crippen LogP contribution in [0.25, 0.3) is 0 Å². The summed E-state index contributed by atoms with van der Waals surface area (Å²) in [6.45, 7) is 3.07. The highest BCUT2D eigenvalue weighted by Crippen LogP contribution is 2.14. The van der Waals surface area contributed by atoms with Crippen LogP contribution in [0.3, 0.4) is 0 Å². The first kappa shape index (κ1) is 20.5. The van der Waals surface area contributed by atoms with Crippen LogP contribution in [0.1, 0.15) is 28.8 Å². The highest BCUT2D eigenvalue weighted by atomic mass is 32.2. The molecule has 0 radical (unpaired) electrons. The Labute approximate surface area is 167 Å². The molecule has 1 aliphatic rings. The van der Waals surface area contributed by atoms with Crippen LogP contribution in [0.4, 0.5) is 0 Å². The number of piperidine rings is 1. The van der Waals surface area contributed by atoms with Crippen LogP contribution in [-0.2, 0) is 16.6 Å². The Morgan fingerprint density at radius 2 is 1.64 bits per heavy atom. The van der Waals surface area contributed by atoms with Crippen LogP contribution in [0.5, 0.6) is 0 Å². The number of amides is 1. The molecule has 6 nitrogen and oxygen atoms in total. The first-order valence-electron chi connectivity index (χ1n) is 9.57. The van der Waals surface area contributed by atoms with Gasteiger partial charge in [0.15, 0.2) is 0 Å². The fourth-order valence-electron chi connectivity index (χ4n) is 3.49. The summed E-state index contributed by atoms with van der Waals surface area (Å²) in [4.78, 5) is 14.2. The molecule has 0 aromatic heterocycles. The number of likely N-dealkylation sites (tertiary alicyclic amines) is 1. The summed E-state index contributed by atoms with van der Waals surface area (Å²) < 4.78 is 25.4. The Hall–Kier alpha value is -2.22. The zero-order valence-electron chi connectivity index (χ0n) is 16.4. The third-order valence-electron chi connectivity index (χ3n) is 5.22. The van der Waals surface area contributed by atoms with Gasteiger partial charge >= 0.3 is 0 Å². The fourth-order valence-corrected chi connectivity index (χ4v) is 4.39. The lowest BCUT2D eigenvalue weighted by molar-refractivity contribution is -0.918. The van der Waals surface area contributed by atoms with Gasteiger partial charge < -0.3 is 10.2 Å². The molecular weight excluding hydrogens is 374 g/mol. The Bertz CT molecular complexity index is 888. The maximum atomic E-state index is 12.5. The topological polar surface area (TPSA) is 70.9 Å². The lowest BCUT2D eigenvalue weighted by Gasteiger charge is -2.29. The zero-order valence-corrected chi connectivity index (χ0v) is 17.2. The smallest absolute Gasteiger partial charge is 0.251 e. The van der Waals surface area contributed by atoms with Crippen molar-refractivity contribution in [3.05, 3.63) is 65.7 Å². The summed E-state index contributed by atoms with van der Waals surface area (Å²) in [5, 5.41) is 3.09. The molecule has 0 aliphatic carbocycles. The highest BCUT2D eigenvalue weighted by Gasteiger charge is 2.24. The van der Waals surface area contributed by atoms with E-state index in [1.807, 2.05) is 6.07 Å². The average Bonchev–Trinajstić information content (AvgIpc) is 2.70. The van der Waals surface area contributed by atoms with E-state index in [0.717, 1.165) is 36.8 Å². The van der Waals surface area contributed by atoms with E-state index in [-0.39, 0.29) is 16.8 Å². The van der Waals surface area contributed by atoms with E-state index in [0.29, 0.717) is 5.56 Å². The van der Waals surface area contributed by atoms with E-state index in [4.69, 9.17) is 0 Å². The van der Waals surface area contributed by atoms with Crippen molar-refractivity contribution in [1.29, 1.82) is 0 Å². The van der Waals surface area contributed by atoms with Gasteiger partial charge in [-0.25, -0.2) is 12.7 Å². The molecule has 3 rings (SSSR count). The molecule has 28 heavy (non-hydrogen) atoms. The number of hydrogen-bond acceptors (Lipinski definition) is 3. The normalized spacial score (nSPS) is 20.1. The van der Waals surface area contributed by atoms with Crippen LogP contribution in [0.15, 0.2) is 59.5 Å². The molecule has 1 aliphatic heterocycles. The molecule has 1 fully saturated rings. The van der Waals surface area contributed by atoms with Crippen LogP contribution < -0.4 is 10.2 Å². The van der Waals surface area contributed by atoms with Crippen molar-refractivity contribution < 1.29 is 18.1 Å². The van der Waals surface area contributed by atoms with Crippen molar-refractivity contribution in [2.24, 2.45) is 0 Å². The van der Waals surface area contributed by atoms with Crippen molar-refractivity contribution in [2.45, 2.75) is 30.3 Å². The third kappa shape index (κ3) is 4.98. The van der Waals surface area contributed by atoms with E-state index in [1.54, 1.807) is 12.1 Å². The maximum Gasteiger partial charge on any atom is 0.251 e. The number of benzene rings is 2. The summed E-state index contributed by atoms with van der Waals surface area (Å²) in [5.41, 5.74) is 1.82. The zero-order chi connectivity index (χ0) is 20.1. The van der Waals surface area contributed by atoms with Crippen LogP contribution >= 0.6 is 0 Å². The summed E-state index contributed by atoms with van der Waals surface area (Å²) in [6, 6.07) is 16.7. The van der Waals surface area contributed by atoms with Gasteiger partial charge in [-0.2, -0.15) is 0 Å². The molecule has 0 unspecified atom stereocenters. The van der Waals surface area contributed by atoms with Crippen molar-refractivity contribution in [2.75, 3.05) is 27.2 Å². The molecule has 0 atom stereocenters. The Balaban J connectivity index is 1.52. The molecule has 2 aromatic carbocycles. The second kappa shape index (κ2) is 8.86. The number of nitrogens with zero attached hydrogens (tertiary/aromatic N) is 1. The molecule has 1 saturated heterocycles. The number of hydrogen-bond donors (Lipinski definition) is 2. The molecule has 1 amide bonds. The molecular formula is C21H28N3O3S+. The Morgan fingerprint density at radius 3 is 2.21 bits per heavy atom. The molecule has 2 aromatic rings. The second-order valence-corrected chi connectivity index (χ2v) is 9.62. The van der Waals surface area contributed by atoms with Gasteiger partial charge in [0.05, 0.1) is 18.0 Å². The van der Waals surface area contributed by atoms with Crippen molar-refractivity contribution in [3.63, 3.8) is 0 Å². The van der Waals surface area contributed by atoms with Gasteiger partial charge in [0, 0.05) is 44.1 Å². The van der Waals surface area contributed by atoms with E-state index in [2.05, 4.69) is 29.6 Å². The number of carbonyl (C=O) groups excluding carboxylic acids is 1. The summed E-state index contributed by atoms with van der Waals surface area (Å²) in [7, 11) is -0.503. The van der Waals surface area contributed by atoms with Gasteiger partial charge in [0.2, 0.25) is 10.0 Å². The minimum atomic E-state index is -3.48. The molecule has 1 heterocycles. The molecule has 150 valence electrons. The largest absolute Gasteiger partial charge is 0.349 e. The predicted molar refractivity (Wildman–Crippen MR) is 109 cm³/mol. The van der Waals surface area contributed by atoms with Gasteiger partial charge in [-0.3, -0.25) is 4.79 Å². The Morgan fingerprint density at radius 1 is 1.04 bits per heavy atom. The standard InChI is InChI=1S/C21H27N3O3S/c1-23(2)28(26,27)20-10-8-18(9-11-20)21(25)22-19-12-14-24(15-13-19)16-17-6-4-3-5-7-17/h3-11,19H,12-16H2,1-2H3,(H,22,25)/p+1. The van der Waals surface area contributed by atoms with Crippen molar-refractivity contribution >= 4 is 15.9 Å². The summed E-state index contributed by atoms with van der Waals surface area (Å²) in [6.07, 6.45) is 1.89. The monoisotopic (exact) mass is 402 g/mol. The van der Waals surface area contributed by atoms with Gasteiger partial charge in [-0.1, -0.05) is 30.3 Å². The first-order chi connectivity index (χ1) is 13.4. The van der Waals surface area contributed by atoms with Crippen LogP contribution in [0.2, 0.25) is 0 Å². The number of quaternary nitrogens is 1. The molecule has 0 saturated carbocycles. The third-order valence-corrected chi connectivity index (χ3v) is 7.05. The molecule has 7 heteroatoms. The van der Waals surface area contributed by atoms with Gasteiger partial charge in [-0.15, -0.1) is 0 Å². The first-order valence-corrected chi connectivity index (χ1v) is 11.0. The predicted octanol–water partition coefficient (Wildman–Crippen LogP) is 0.914. The minimum absolute atomic E-state index is 0.148. The van der Waals surface area contributed by atoms with E-state index < -0.39 is 10.0 Å². The van der Waals surface area contributed by atoms with Crippen LogP contribution in [0, 0.1) is 0 Å². The van der Waals surface area contributed by atoms with Crippen molar-refractivity contribution in [3.8, 4) is 0 Å². The van der Waals surface area contributed by atoms with Crippen LogP contribution in [-0.4, -0.2) is 51.9 Å². The lowest BCUT2D eigenvalue weighted by Crippen LogP contribution is -3.12. The molecule has 0 bridgehead atoms. The van der Waals surface area contributed by atoms with E-state index in [9.17, 15) is 13.2 Å². The summed E-state index contributed by atoms with van der Waals surface area (Å²) >= 11 is 0. The fraction of sp³-hybridized carbons (Fsp3) is 0.381. The maximum absolute atomic E-state index is 12.5. The molecule has 2 N–H and O–H groups in total. The SMILES string of the molecule is CN(C)S(=O)(=O)c1ccc(C(=O)NC2CC[NH+](Cc3ccccc3)CC2)cc1. The van der Waals surface area contributed by atoms with Gasteiger partial charge in [-0.05, 0) is 24.3 Å². The van der Waals surface area contributed by atoms with Gasteiger partial charge in [0.1, 0.15) is 6.54 Å².